The average molecular weight is 331 g/mol. The molecule has 0 radical (unpaired) electrons. The SMILES string of the molecule is CCOC(=O)C1[C@H]2CCC(C)[C@H]2CN1C(=O)OCc1ccccc1. The van der Waals surface area contributed by atoms with Gasteiger partial charge in [-0.05, 0) is 36.7 Å². The molecule has 1 aromatic carbocycles. The van der Waals surface area contributed by atoms with Gasteiger partial charge in [0.05, 0.1) is 6.61 Å². The van der Waals surface area contributed by atoms with Gasteiger partial charge in [-0.25, -0.2) is 9.59 Å². The molecule has 1 aliphatic heterocycles. The van der Waals surface area contributed by atoms with Crippen LogP contribution in [0.25, 0.3) is 0 Å². The highest BCUT2D eigenvalue weighted by atomic mass is 16.6. The lowest BCUT2D eigenvalue weighted by atomic mass is 9.90. The Labute approximate surface area is 142 Å². The van der Waals surface area contributed by atoms with Crippen molar-refractivity contribution in [2.45, 2.75) is 39.3 Å². The molecule has 4 atom stereocenters. The molecule has 1 saturated carbocycles. The molecule has 2 unspecified atom stereocenters. The largest absolute Gasteiger partial charge is 0.464 e. The summed E-state index contributed by atoms with van der Waals surface area (Å²) in [5.41, 5.74) is 0.936. The zero-order valence-corrected chi connectivity index (χ0v) is 14.3. The van der Waals surface area contributed by atoms with Crippen LogP contribution < -0.4 is 0 Å². The molecule has 0 N–H and O–H groups in total. The van der Waals surface area contributed by atoms with Crippen molar-refractivity contribution in [2.75, 3.05) is 13.2 Å². The van der Waals surface area contributed by atoms with E-state index in [1.165, 1.54) is 0 Å². The maximum absolute atomic E-state index is 12.6. The summed E-state index contributed by atoms with van der Waals surface area (Å²) in [5, 5.41) is 0. The summed E-state index contributed by atoms with van der Waals surface area (Å²) < 4.78 is 10.7. The molecular weight excluding hydrogens is 306 g/mol. The molecule has 0 spiro atoms. The van der Waals surface area contributed by atoms with E-state index in [0.29, 0.717) is 25.0 Å². The van der Waals surface area contributed by atoms with Gasteiger partial charge < -0.3 is 9.47 Å². The second-order valence-corrected chi connectivity index (χ2v) is 6.77. The number of amides is 1. The Kier molecular flexibility index (Phi) is 5.07. The summed E-state index contributed by atoms with van der Waals surface area (Å²) in [6.07, 6.45) is 1.66. The predicted octanol–water partition coefficient (Wildman–Crippen LogP) is 3.23. The topological polar surface area (TPSA) is 55.8 Å². The van der Waals surface area contributed by atoms with Gasteiger partial charge in [0.1, 0.15) is 12.6 Å². The van der Waals surface area contributed by atoms with Gasteiger partial charge >= 0.3 is 12.1 Å². The molecule has 1 amide bonds. The van der Waals surface area contributed by atoms with Crippen LogP contribution in [0.4, 0.5) is 4.79 Å². The number of hydrogen-bond donors (Lipinski definition) is 0. The van der Waals surface area contributed by atoms with E-state index in [9.17, 15) is 9.59 Å². The van der Waals surface area contributed by atoms with E-state index in [0.717, 1.165) is 18.4 Å². The molecule has 5 heteroatoms. The number of rotatable bonds is 4. The Balaban J connectivity index is 1.69. The van der Waals surface area contributed by atoms with Gasteiger partial charge in [-0.3, -0.25) is 4.90 Å². The van der Waals surface area contributed by atoms with Crippen LogP contribution in [0, 0.1) is 17.8 Å². The molecule has 1 aromatic rings. The molecular formula is C19H25NO4. The van der Waals surface area contributed by atoms with E-state index < -0.39 is 12.1 Å². The van der Waals surface area contributed by atoms with Crippen molar-refractivity contribution in [3.8, 4) is 0 Å². The first kappa shape index (κ1) is 16.8. The van der Waals surface area contributed by atoms with E-state index in [1.807, 2.05) is 30.3 Å². The van der Waals surface area contributed by atoms with Gasteiger partial charge in [-0.15, -0.1) is 0 Å². The van der Waals surface area contributed by atoms with E-state index in [-0.39, 0.29) is 18.5 Å². The van der Waals surface area contributed by atoms with Crippen LogP contribution in [0.2, 0.25) is 0 Å². The molecule has 0 bridgehead atoms. The van der Waals surface area contributed by atoms with Crippen LogP contribution in [-0.4, -0.2) is 36.2 Å². The summed E-state index contributed by atoms with van der Waals surface area (Å²) in [6, 6.07) is 9.07. The minimum atomic E-state index is -0.497. The molecule has 24 heavy (non-hydrogen) atoms. The van der Waals surface area contributed by atoms with Gasteiger partial charge in [0, 0.05) is 6.54 Å². The number of carbonyl (C=O) groups is 2. The Bertz CT molecular complexity index is 588. The second kappa shape index (κ2) is 7.24. The van der Waals surface area contributed by atoms with Crippen LogP contribution in [0.5, 0.6) is 0 Å². The molecule has 2 fully saturated rings. The van der Waals surface area contributed by atoms with E-state index in [2.05, 4.69) is 6.92 Å². The molecule has 0 aromatic heterocycles. The highest BCUT2D eigenvalue weighted by Gasteiger charge is 2.53. The molecule has 2 aliphatic rings. The monoisotopic (exact) mass is 331 g/mol. The number of benzene rings is 1. The first-order valence-electron chi connectivity index (χ1n) is 8.75. The van der Waals surface area contributed by atoms with Crippen LogP contribution in [0.15, 0.2) is 30.3 Å². The first-order valence-corrected chi connectivity index (χ1v) is 8.75. The maximum atomic E-state index is 12.6. The van der Waals surface area contributed by atoms with E-state index >= 15 is 0 Å². The molecule has 5 nitrogen and oxygen atoms in total. The van der Waals surface area contributed by atoms with Crippen molar-refractivity contribution in [1.29, 1.82) is 0 Å². The number of likely N-dealkylation sites (tertiary alicyclic amines) is 1. The van der Waals surface area contributed by atoms with Gasteiger partial charge in [0.25, 0.3) is 0 Å². The lowest BCUT2D eigenvalue weighted by Crippen LogP contribution is -2.44. The fourth-order valence-electron chi connectivity index (χ4n) is 4.10. The second-order valence-electron chi connectivity index (χ2n) is 6.77. The summed E-state index contributed by atoms with van der Waals surface area (Å²) in [5.74, 6) is 0.793. The summed E-state index contributed by atoms with van der Waals surface area (Å²) in [6.45, 7) is 5.13. The zero-order chi connectivity index (χ0) is 17.1. The van der Waals surface area contributed by atoms with Crippen molar-refractivity contribution in [1.82, 2.24) is 4.90 Å². The number of esters is 1. The van der Waals surface area contributed by atoms with Gasteiger partial charge in [-0.1, -0.05) is 43.7 Å². The lowest BCUT2D eigenvalue weighted by molar-refractivity contribution is -0.149. The van der Waals surface area contributed by atoms with Gasteiger partial charge in [-0.2, -0.15) is 0 Å². The number of ether oxygens (including phenoxy) is 2. The van der Waals surface area contributed by atoms with E-state index in [4.69, 9.17) is 9.47 Å². The Morgan fingerprint density at radius 2 is 1.88 bits per heavy atom. The third kappa shape index (κ3) is 3.25. The molecule has 1 saturated heterocycles. The smallest absolute Gasteiger partial charge is 0.410 e. The first-order chi connectivity index (χ1) is 11.6. The van der Waals surface area contributed by atoms with Crippen molar-refractivity contribution in [2.24, 2.45) is 17.8 Å². The Hall–Kier alpha value is -2.04. The van der Waals surface area contributed by atoms with Crippen molar-refractivity contribution in [3.05, 3.63) is 35.9 Å². The average Bonchev–Trinajstić information content (AvgIpc) is 3.14. The minimum absolute atomic E-state index is 0.198. The van der Waals surface area contributed by atoms with Crippen molar-refractivity contribution < 1.29 is 19.1 Å². The minimum Gasteiger partial charge on any atom is -0.464 e. The van der Waals surface area contributed by atoms with Crippen LogP contribution in [0.3, 0.4) is 0 Å². The zero-order valence-electron chi connectivity index (χ0n) is 14.3. The molecule has 3 rings (SSSR count). The van der Waals surface area contributed by atoms with Crippen LogP contribution in [0.1, 0.15) is 32.3 Å². The van der Waals surface area contributed by atoms with Gasteiger partial charge in [0.2, 0.25) is 0 Å². The van der Waals surface area contributed by atoms with E-state index in [1.54, 1.807) is 11.8 Å². The Morgan fingerprint density at radius 1 is 1.12 bits per heavy atom. The third-order valence-electron chi connectivity index (χ3n) is 5.35. The number of fused-ring (bicyclic) bond motifs is 1. The molecule has 1 heterocycles. The number of carbonyl (C=O) groups excluding carboxylic acids is 2. The molecule has 1 aliphatic carbocycles. The summed E-state index contributed by atoms with van der Waals surface area (Å²) in [4.78, 5) is 26.6. The van der Waals surface area contributed by atoms with Crippen molar-refractivity contribution in [3.63, 3.8) is 0 Å². The fraction of sp³-hybridized carbons (Fsp3) is 0.579. The molecule has 130 valence electrons. The third-order valence-corrected chi connectivity index (χ3v) is 5.35. The predicted molar refractivity (Wildman–Crippen MR) is 89.1 cm³/mol. The summed E-state index contributed by atoms with van der Waals surface area (Å²) in [7, 11) is 0. The van der Waals surface area contributed by atoms with Crippen LogP contribution >= 0.6 is 0 Å². The lowest BCUT2D eigenvalue weighted by Gasteiger charge is -2.25. The number of nitrogens with zero attached hydrogens (tertiary/aromatic N) is 1. The highest BCUT2D eigenvalue weighted by molar-refractivity contribution is 5.82. The highest BCUT2D eigenvalue weighted by Crippen LogP contribution is 2.46. The maximum Gasteiger partial charge on any atom is 0.410 e. The standard InChI is InChI=1S/C19H25NO4/c1-3-23-18(21)17-15-10-9-13(2)16(15)11-20(17)19(22)24-12-14-7-5-4-6-8-14/h4-8,13,15-17H,3,9-12H2,1-2H3/t13?,15-,16+,17?/m0/s1. The number of hydrogen-bond acceptors (Lipinski definition) is 4. The Morgan fingerprint density at radius 3 is 2.58 bits per heavy atom. The van der Waals surface area contributed by atoms with Gasteiger partial charge in [0.15, 0.2) is 0 Å². The normalized spacial score (nSPS) is 28.5. The quantitative estimate of drug-likeness (QED) is 0.795. The van der Waals surface area contributed by atoms with Crippen molar-refractivity contribution >= 4 is 12.1 Å². The fourth-order valence-corrected chi connectivity index (χ4v) is 4.10. The summed E-state index contributed by atoms with van der Waals surface area (Å²) >= 11 is 0. The van der Waals surface area contributed by atoms with Crippen LogP contribution in [-0.2, 0) is 20.9 Å².